The topological polar surface area (TPSA) is 21.3 Å². The molecule has 2 heteroatoms. The van der Waals surface area contributed by atoms with Gasteiger partial charge in [-0.1, -0.05) is 51.0 Å². The fourth-order valence-corrected chi connectivity index (χ4v) is 2.32. The molecule has 1 aliphatic carbocycles. The summed E-state index contributed by atoms with van der Waals surface area (Å²) in [7, 11) is 2.01. The van der Waals surface area contributed by atoms with Gasteiger partial charge in [0.15, 0.2) is 0 Å². The van der Waals surface area contributed by atoms with Gasteiger partial charge in [-0.3, -0.25) is 0 Å². The predicted octanol–water partition coefficient (Wildman–Crippen LogP) is 3.89. The molecular weight excluding hydrogens is 234 g/mol. The van der Waals surface area contributed by atoms with Crippen LogP contribution >= 0.6 is 0 Å². The maximum absolute atomic E-state index is 5.81. The zero-order valence-corrected chi connectivity index (χ0v) is 12.5. The molecule has 1 unspecified atom stereocenters. The van der Waals surface area contributed by atoms with Crippen LogP contribution < -0.4 is 5.32 Å². The van der Waals surface area contributed by atoms with Crippen molar-refractivity contribution in [3.63, 3.8) is 0 Å². The summed E-state index contributed by atoms with van der Waals surface area (Å²) in [4.78, 5) is 0. The molecule has 1 aromatic carbocycles. The fourth-order valence-electron chi connectivity index (χ4n) is 2.32. The van der Waals surface area contributed by atoms with E-state index >= 15 is 0 Å². The Hall–Kier alpha value is -0.860. The number of hydrogen-bond donors (Lipinski definition) is 1. The Balaban J connectivity index is 1.81. The number of ether oxygens (including phenoxy) is 1. The van der Waals surface area contributed by atoms with E-state index in [0.29, 0.717) is 12.0 Å². The molecule has 19 heavy (non-hydrogen) atoms. The Kier molecular flexibility index (Phi) is 5.41. The molecule has 2 rings (SSSR count). The first-order chi connectivity index (χ1) is 9.20. The van der Waals surface area contributed by atoms with Crippen LogP contribution in [0.2, 0.25) is 0 Å². The van der Waals surface area contributed by atoms with Crippen LogP contribution in [0.3, 0.4) is 0 Å². The van der Waals surface area contributed by atoms with E-state index in [-0.39, 0.29) is 0 Å². The van der Waals surface area contributed by atoms with Crippen molar-refractivity contribution in [1.82, 2.24) is 5.32 Å². The summed E-state index contributed by atoms with van der Waals surface area (Å²) in [6.07, 6.45) is 4.06. The molecule has 0 radical (unpaired) electrons. The van der Waals surface area contributed by atoms with Gasteiger partial charge in [0.1, 0.15) is 0 Å². The third-order valence-corrected chi connectivity index (χ3v) is 4.01. The molecule has 2 nitrogen and oxygen atoms in total. The highest BCUT2D eigenvalue weighted by molar-refractivity contribution is 5.26. The van der Waals surface area contributed by atoms with Gasteiger partial charge >= 0.3 is 0 Å². The summed E-state index contributed by atoms with van der Waals surface area (Å²) in [5.74, 6) is 1.55. The second-order valence-electron chi connectivity index (χ2n) is 5.97. The number of rotatable bonds is 8. The average Bonchev–Trinajstić information content (AvgIpc) is 3.23. The SMILES string of the molecule is CNC(COCCC1CC1)c1ccc(C(C)C)cc1. The molecule has 0 amide bonds. The summed E-state index contributed by atoms with van der Waals surface area (Å²) in [5, 5.41) is 3.35. The van der Waals surface area contributed by atoms with Crippen molar-refractivity contribution in [2.45, 2.75) is 45.1 Å². The molecule has 1 N–H and O–H groups in total. The van der Waals surface area contributed by atoms with Gasteiger partial charge in [0.25, 0.3) is 0 Å². The van der Waals surface area contributed by atoms with Crippen LogP contribution in [0.1, 0.15) is 56.2 Å². The molecule has 106 valence electrons. The molecule has 0 bridgehead atoms. The summed E-state index contributed by atoms with van der Waals surface area (Å²) in [6, 6.07) is 9.21. The zero-order chi connectivity index (χ0) is 13.7. The highest BCUT2D eigenvalue weighted by Gasteiger charge is 2.20. The highest BCUT2D eigenvalue weighted by atomic mass is 16.5. The van der Waals surface area contributed by atoms with Gasteiger partial charge in [0.05, 0.1) is 12.6 Å². The van der Waals surface area contributed by atoms with E-state index in [9.17, 15) is 0 Å². The van der Waals surface area contributed by atoms with Gasteiger partial charge in [-0.2, -0.15) is 0 Å². The lowest BCUT2D eigenvalue weighted by atomic mass is 9.99. The maximum atomic E-state index is 5.81. The standard InChI is InChI=1S/C17H27NO/c1-13(2)15-6-8-16(9-7-15)17(18-3)12-19-11-10-14-4-5-14/h6-9,13-14,17-18H,4-5,10-12H2,1-3H3. The molecule has 1 saturated carbocycles. The van der Waals surface area contributed by atoms with E-state index in [4.69, 9.17) is 4.74 Å². The Labute approximate surface area is 117 Å². The molecular formula is C17H27NO. The first-order valence-corrected chi connectivity index (χ1v) is 7.55. The van der Waals surface area contributed by atoms with Crippen LogP contribution in [0.25, 0.3) is 0 Å². The molecule has 0 heterocycles. The van der Waals surface area contributed by atoms with Crippen molar-refractivity contribution >= 4 is 0 Å². The monoisotopic (exact) mass is 261 g/mol. The molecule has 0 saturated heterocycles. The number of benzene rings is 1. The number of nitrogens with one attached hydrogen (secondary N) is 1. The van der Waals surface area contributed by atoms with Gasteiger partial charge < -0.3 is 10.1 Å². The van der Waals surface area contributed by atoms with Gasteiger partial charge in [0, 0.05) is 6.61 Å². The zero-order valence-electron chi connectivity index (χ0n) is 12.5. The summed E-state index contributed by atoms with van der Waals surface area (Å²) < 4.78 is 5.81. The third kappa shape index (κ3) is 4.63. The highest BCUT2D eigenvalue weighted by Crippen LogP contribution is 2.32. The second kappa shape index (κ2) is 7.06. The van der Waals surface area contributed by atoms with E-state index in [1.165, 1.54) is 30.4 Å². The molecule has 1 atom stereocenters. The molecule has 1 aromatic rings. The second-order valence-corrected chi connectivity index (χ2v) is 5.97. The van der Waals surface area contributed by atoms with Crippen molar-refractivity contribution in [3.8, 4) is 0 Å². The first kappa shape index (κ1) is 14.5. The molecule has 1 fully saturated rings. The predicted molar refractivity (Wildman–Crippen MR) is 80.5 cm³/mol. The molecule has 0 spiro atoms. The average molecular weight is 261 g/mol. The molecule has 0 aliphatic heterocycles. The normalized spacial score (nSPS) is 16.8. The third-order valence-electron chi connectivity index (χ3n) is 4.01. The number of hydrogen-bond acceptors (Lipinski definition) is 2. The van der Waals surface area contributed by atoms with E-state index in [1.54, 1.807) is 0 Å². The Morgan fingerprint density at radius 1 is 1.16 bits per heavy atom. The fraction of sp³-hybridized carbons (Fsp3) is 0.647. The van der Waals surface area contributed by atoms with Gasteiger partial charge in [0.2, 0.25) is 0 Å². The summed E-state index contributed by atoms with van der Waals surface area (Å²) in [6.45, 7) is 6.13. The van der Waals surface area contributed by atoms with Gasteiger partial charge in [-0.15, -0.1) is 0 Å². The smallest absolute Gasteiger partial charge is 0.0661 e. The van der Waals surface area contributed by atoms with Crippen molar-refractivity contribution in [1.29, 1.82) is 0 Å². The first-order valence-electron chi connectivity index (χ1n) is 7.55. The van der Waals surface area contributed by atoms with E-state index < -0.39 is 0 Å². The molecule has 0 aromatic heterocycles. The lowest BCUT2D eigenvalue weighted by Gasteiger charge is -2.18. The minimum Gasteiger partial charge on any atom is -0.379 e. The summed E-state index contributed by atoms with van der Waals surface area (Å²) >= 11 is 0. The van der Waals surface area contributed by atoms with Crippen molar-refractivity contribution in [2.24, 2.45) is 5.92 Å². The van der Waals surface area contributed by atoms with Crippen LogP contribution in [-0.2, 0) is 4.74 Å². The van der Waals surface area contributed by atoms with Crippen molar-refractivity contribution in [2.75, 3.05) is 20.3 Å². The lowest BCUT2D eigenvalue weighted by Crippen LogP contribution is -2.22. The number of likely N-dealkylation sites (N-methyl/N-ethyl adjacent to an activating group) is 1. The van der Waals surface area contributed by atoms with Crippen LogP contribution in [0.5, 0.6) is 0 Å². The van der Waals surface area contributed by atoms with Crippen LogP contribution in [-0.4, -0.2) is 20.3 Å². The minimum atomic E-state index is 0.306. The van der Waals surface area contributed by atoms with Crippen LogP contribution in [0.15, 0.2) is 24.3 Å². The minimum absolute atomic E-state index is 0.306. The van der Waals surface area contributed by atoms with E-state index in [2.05, 4.69) is 43.4 Å². The molecule has 1 aliphatic rings. The maximum Gasteiger partial charge on any atom is 0.0661 e. The van der Waals surface area contributed by atoms with E-state index in [0.717, 1.165) is 19.1 Å². The Bertz CT molecular complexity index is 367. The van der Waals surface area contributed by atoms with Crippen LogP contribution in [0, 0.1) is 5.92 Å². The Morgan fingerprint density at radius 2 is 1.79 bits per heavy atom. The largest absolute Gasteiger partial charge is 0.379 e. The van der Waals surface area contributed by atoms with Crippen molar-refractivity contribution < 1.29 is 4.74 Å². The van der Waals surface area contributed by atoms with Gasteiger partial charge in [-0.25, -0.2) is 0 Å². The van der Waals surface area contributed by atoms with Crippen LogP contribution in [0.4, 0.5) is 0 Å². The van der Waals surface area contributed by atoms with Gasteiger partial charge in [-0.05, 0) is 36.4 Å². The van der Waals surface area contributed by atoms with Crippen molar-refractivity contribution in [3.05, 3.63) is 35.4 Å². The lowest BCUT2D eigenvalue weighted by molar-refractivity contribution is 0.108. The quantitative estimate of drug-likeness (QED) is 0.717. The summed E-state index contributed by atoms with van der Waals surface area (Å²) in [5.41, 5.74) is 2.71. The Morgan fingerprint density at radius 3 is 2.32 bits per heavy atom. The van der Waals surface area contributed by atoms with E-state index in [1.807, 2.05) is 7.05 Å².